The molecular weight excluding hydrogens is 139 g/mol. The van der Waals surface area contributed by atoms with Crippen LogP contribution in [0.4, 0.5) is 4.39 Å². The van der Waals surface area contributed by atoms with E-state index in [1.165, 1.54) is 0 Å². The lowest BCUT2D eigenvalue weighted by Gasteiger charge is -2.23. The van der Waals surface area contributed by atoms with Gasteiger partial charge in [-0.25, -0.2) is 4.39 Å². The molecule has 1 atom stereocenters. The first kappa shape index (κ1) is 9.02. The van der Waals surface area contributed by atoms with Crippen molar-refractivity contribution in [2.75, 3.05) is 0 Å². The molecule has 0 aromatic carbocycles. The van der Waals surface area contributed by atoms with Gasteiger partial charge in [-0.15, -0.1) is 0 Å². The maximum absolute atomic E-state index is 13.2. The zero-order valence-electron chi connectivity index (χ0n) is 7.28. The summed E-state index contributed by atoms with van der Waals surface area (Å²) >= 11 is 0. The first-order chi connectivity index (χ1) is 5.34. The Morgan fingerprint density at radius 3 is 2.64 bits per heavy atom. The van der Waals surface area contributed by atoms with Crippen LogP contribution >= 0.6 is 0 Å². The lowest BCUT2D eigenvalue weighted by Crippen LogP contribution is -2.16. The molecule has 0 spiro atoms. The highest BCUT2D eigenvalue weighted by Crippen LogP contribution is 2.31. The van der Waals surface area contributed by atoms with Crippen LogP contribution in [0.5, 0.6) is 0 Å². The summed E-state index contributed by atoms with van der Waals surface area (Å²) < 4.78 is 13.2. The zero-order chi connectivity index (χ0) is 8.10. The van der Waals surface area contributed by atoms with Gasteiger partial charge in [-0.05, 0) is 38.5 Å². The molecule has 11 heavy (non-hydrogen) atoms. The Hall–Kier alpha value is -0.0700. The first-order valence-corrected chi connectivity index (χ1v) is 4.65. The minimum Gasteiger partial charge on any atom is -0.247 e. The summed E-state index contributed by atoms with van der Waals surface area (Å²) in [7, 11) is 0. The molecule has 64 valence electrons. The van der Waals surface area contributed by atoms with E-state index in [4.69, 9.17) is 0 Å². The smallest absolute Gasteiger partial charge is 0.106 e. The molecule has 0 nitrogen and oxygen atoms in total. The summed E-state index contributed by atoms with van der Waals surface area (Å²) in [6, 6.07) is 0. The summed E-state index contributed by atoms with van der Waals surface area (Å²) in [4.78, 5) is 0. The van der Waals surface area contributed by atoms with Crippen LogP contribution in [0.15, 0.2) is 0 Å². The Morgan fingerprint density at radius 1 is 1.45 bits per heavy atom. The molecule has 1 aliphatic rings. The van der Waals surface area contributed by atoms with E-state index in [2.05, 4.69) is 6.42 Å². The Morgan fingerprint density at radius 2 is 2.09 bits per heavy atom. The van der Waals surface area contributed by atoms with Crippen molar-refractivity contribution < 1.29 is 4.39 Å². The summed E-state index contributed by atoms with van der Waals surface area (Å²) in [6.07, 6.45) is 7.56. The highest BCUT2D eigenvalue weighted by Gasteiger charge is 2.22. The van der Waals surface area contributed by atoms with E-state index in [-0.39, 0.29) is 0 Å². The van der Waals surface area contributed by atoms with E-state index in [1.807, 2.05) is 6.92 Å². The van der Waals surface area contributed by atoms with E-state index in [0.29, 0.717) is 0 Å². The van der Waals surface area contributed by atoms with Crippen molar-refractivity contribution in [3.05, 3.63) is 12.3 Å². The molecule has 0 aliphatic heterocycles. The van der Waals surface area contributed by atoms with Crippen molar-refractivity contribution in [2.45, 2.75) is 51.6 Å². The van der Waals surface area contributed by atoms with Gasteiger partial charge >= 0.3 is 0 Å². The molecule has 1 rings (SSSR count). The van der Waals surface area contributed by atoms with E-state index < -0.39 is 6.17 Å². The standard InChI is InChI=1S/C10H17F/c1-2-6-10(11)9-7-4-3-5-8-9/h3,10H,2,4-8H2,1H3. The Labute approximate surface area is 69.2 Å². The van der Waals surface area contributed by atoms with Gasteiger partial charge in [-0.1, -0.05) is 13.3 Å². The molecule has 0 saturated heterocycles. The van der Waals surface area contributed by atoms with Gasteiger partial charge in [0.1, 0.15) is 6.17 Å². The minimum atomic E-state index is -0.603. The predicted molar refractivity (Wildman–Crippen MR) is 45.8 cm³/mol. The molecule has 1 heteroatoms. The van der Waals surface area contributed by atoms with E-state index in [1.54, 1.807) is 0 Å². The Balaban J connectivity index is 2.21. The van der Waals surface area contributed by atoms with Gasteiger partial charge in [-0.3, -0.25) is 0 Å². The van der Waals surface area contributed by atoms with Crippen molar-refractivity contribution in [2.24, 2.45) is 0 Å². The van der Waals surface area contributed by atoms with Crippen LogP contribution in [0.3, 0.4) is 0 Å². The molecule has 1 unspecified atom stereocenters. The minimum absolute atomic E-state index is 0.603. The third kappa shape index (κ3) is 2.80. The fourth-order valence-electron chi connectivity index (χ4n) is 1.62. The van der Waals surface area contributed by atoms with Gasteiger partial charge in [0.25, 0.3) is 0 Å². The molecule has 1 fully saturated rings. The second-order valence-electron chi connectivity index (χ2n) is 3.28. The fourth-order valence-corrected chi connectivity index (χ4v) is 1.62. The SMILES string of the molecule is CCCC(F)[C]1CC[CH]CC1. The maximum Gasteiger partial charge on any atom is 0.106 e. The molecule has 0 amide bonds. The van der Waals surface area contributed by atoms with Crippen LogP contribution in [0, 0.1) is 12.3 Å². The van der Waals surface area contributed by atoms with E-state index in [0.717, 1.165) is 44.4 Å². The van der Waals surface area contributed by atoms with Gasteiger partial charge in [0, 0.05) is 5.92 Å². The maximum atomic E-state index is 13.2. The molecule has 0 aromatic heterocycles. The zero-order valence-corrected chi connectivity index (χ0v) is 7.28. The molecule has 0 heterocycles. The average molecular weight is 156 g/mol. The van der Waals surface area contributed by atoms with Crippen LogP contribution in [0.2, 0.25) is 0 Å². The number of hydrogen-bond donors (Lipinski definition) is 0. The number of rotatable bonds is 3. The Bertz CT molecular complexity index is 95.0. The molecule has 1 aliphatic carbocycles. The van der Waals surface area contributed by atoms with Crippen molar-refractivity contribution in [3.8, 4) is 0 Å². The van der Waals surface area contributed by atoms with Gasteiger partial charge in [-0.2, -0.15) is 0 Å². The van der Waals surface area contributed by atoms with Crippen molar-refractivity contribution >= 4 is 0 Å². The topological polar surface area (TPSA) is 0 Å². The second kappa shape index (κ2) is 4.74. The van der Waals surface area contributed by atoms with E-state index in [9.17, 15) is 4.39 Å². The molecule has 0 aromatic rings. The van der Waals surface area contributed by atoms with E-state index >= 15 is 0 Å². The third-order valence-corrected chi connectivity index (χ3v) is 2.32. The Kier molecular flexibility index (Phi) is 3.88. The summed E-state index contributed by atoms with van der Waals surface area (Å²) in [6.45, 7) is 2.04. The van der Waals surface area contributed by atoms with Gasteiger partial charge in [0.05, 0.1) is 0 Å². The highest BCUT2D eigenvalue weighted by atomic mass is 19.1. The lowest BCUT2D eigenvalue weighted by molar-refractivity contribution is 0.294. The van der Waals surface area contributed by atoms with Crippen molar-refractivity contribution in [1.29, 1.82) is 0 Å². The summed E-state index contributed by atoms with van der Waals surface area (Å²) in [5.74, 6) is 1.16. The molecule has 2 radical (unpaired) electrons. The fraction of sp³-hybridized carbons (Fsp3) is 0.800. The first-order valence-electron chi connectivity index (χ1n) is 4.65. The number of alkyl halides is 1. The lowest BCUT2D eigenvalue weighted by atomic mass is 9.84. The number of halogens is 1. The largest absolute Gasteiger partial charge is 0.247 e. The van der Waals surface area contributed by atoms with Gasteiger partial charge < -0.3 is 0 Å². The van der Waals surface area contributed by atoms with Crippen LogP contribution in [0.1, 0.15) is 45.4 Å². The molecule has 0 bridgehead atoms. The average Bonchev–Trinajstić information content (AvgIpc) is 2.07. The molecular formula is C10H17F. The molecule has 0 N–H and O–H groups in total. The summed E-state index contributed by atoms with van der Waals surface area (Å²) in [5.41, 5.74) is 0. The quantitative estimate of drug-likeness (QED) is 0.587. The van der Waals surface area contributed by atoms with Crippen LogP contribution in [-0.2, 0) is 0 Å². The second-order valence-corrected chi connectivity index (χ2v) is 3.28. The normalized spacial score (nSPS) is 23.5. The van der Waals surface area contributed by atoms with Gasteiger partial charge in [0.15, 0.2) is 0 Å². The monoisotopic (exact) mass is 156 g/mol. The number of hydrogen-bond acceptors (Lipinski definition) is 0. The van der Waals surface area contributed by atoms with Crippen molar-refractivity contribution in [3.63, 3.8) is 0 Å². The van der Waals surface area contributed by atoms with Crippen molar-refractivity contribution in [1.82, 2.24) is 0 Å². The highest BCUT2D eigenvalue weighted by molar-refractivity contribution is 5.02. The van der Waals surface area contributed by atoms with Crippen LogP contribution in [0.25, 0.3) is 0 Å². The van der Waals surface area contributed by atoms with Crippen LogP contribution in [-0.4, -0.2) is 6.17 Å². The summed E-state index contributed by atoms with van der Waals surface area (Å²) in [5, 5.41) is 0. The third-order valence-electron chi connectivity index (χ3n) is 2.32. The predicted octanol–water partition coefficient (Wildman–Crippen LogP) is 3.48. The van der Waals surface area contributed by atoms with Gasteiger partial charge in [0.2, 0.25) is 0 Å². The molecule has 1 saturated carbocycles. The van der Waals surface area contributed by atoms with Crippen LogP contribution < -0.4 is 0 Å².